The lowest BCUT2D eigenvalue weighted by molar-refractivity contribution is -0.146. The minimum absolute atomic E-state index is 0.203. The third kappa shape index (κ3) is 3.50. The molecule has 0 aliphatic heterocycles. The number of rotatable bonds is 5. The van der Waals surface area contributed by atoms with Gasteiger partial charge in [-0.3, -0.25) is 4.79 Å². The molecule has 4 aliphatic rings. The Morgan fingerprint density at radius 3 is 2.52 bits per heavy atom. The minimum Gasteiger partial charge on any atom is -0.478 e. The van der Waals surface area contributed by atoms with Crippen molar-refractivity contribution in [1.29, 1.82) is 0 Å². The monoisotopic (exact) mass is 454 g/mol. The number of allylic oxidation sites excluding steroid dienone is 3. The molecule has 4 aliphatic carbocycles. The van der Waals surface area contributed by atoms with Crippen molar-refractivity contribution in [3.63, 3.8) is 0 Å². The maximum absolute atomic E-state index is 12.8. The highest BCUT2D eigenvalue weighted by atomic mass is 16.4. The van der Waals surface area contributed by atoms with Crippen molar-refractivity contribution in [3.05, 3.63) is 23.3 Å². The van der Waals surface area contributed by atoms with Gasteiger partial charge < -0.3 is 5.11 Å². The Hall–Kier alpha value is -1.38. The fourth-order valence-electron chi connectivity index (χ4n) is 9.32. The predicted molar refractivity (Wildman–Crippen MR) is 134 cm³/mol. The van der Waals surface area contributed by atoms with Gasteiger partial charge >= 0.3 is 5.97 Å². The quantitative estimate of drug-likeness (QED) is 0.343. The van der Waals surface area contributed by atoms with Crippen molar-refractivity contribution in [2.75, 3.05) is 0 Å². The van der Waals surface area contributed by atoms with Gasteiger partial charge in [-0.2, -0.15) is 0 Å². The second kappa shape index (κ2) is 8.09. The molecule has 33 heavy (non-hydrogen) atoms. The molecule has 184 valence electrons. The first-order valence-electron chi connectivity index (χ1n) is 13.4. The molecule has 4 rings (SSSR count). The van der Waals surface area contributed by atoms with E-state index in [4.69, 9.17) is 5.11 Å². The molecule has 0 radical (unpaired) electrons. The van der Waals surface area contributed by atoms with Gasteiger partial charge in [0.1, 0.15) is 5.78 Å². The lowest BCUT2D eigenvalue weighted by atomic mass is 9.41. The Labute approximate surface area is 201 Å². The zero-order chi connectivity index (χ0) is 24.4. The fourth-order valence-corrected chi connectivity index (χ4v) is 9.32. The van der Waals surface area contributed by atoms with Crippen LogP contribution in [0.4, 0.5) is 0 Å². The number of hydrogen-bond donors (Lipinski definition) is 1. The van der Waals surface area contributed by atoms with Gasteiger partial charge in [0.05, 0.1) is 0 Å². The first-order valence-corrected chi connectivity index (χ1v) is 13.4. The van der Waals surface area contributed by atoms with Gasteiger partial charge in [0.25, 0.3) is 0 Å². The summed E-state index contributed by atoms with van der Waals surface area (Å²) < 4.78 is 0. The van der Waals surface area contributed by atoms with Crippen LogP contribution in [0.15, 0.2) is 23.3 Å². The third-order valence-electron chi connectivity index (χ3n) is 11.7. The number of carboxylic acids is 1. The van der Waals surface area contributed by atoms with E-state index in [1.807, 2.05) is 6.08 Å². The summed E-state index contributed by atoms with van der Waals surface area (Å²) in [5.41, 5.74) is 2.80. The van der Waals surface area contributed by atoms with Crippen LogP contribution in [0.3, 0.4) is 0 Å². The van der Waals surface area contributed by atoms with Gasteiger partial charge in [0.2, 0.25) is 0 Å². The van der Waals surface area contributed by atoms with E-state index in [1.54, 1.807) is 12.5 Å². The Kier molecular flexibility index (Phi) is 6.07. The molecule has 0 bridgehead atoms. The average Bonchev–Trinajstić information content (AvgIpc) is 3.02. The van der Waals surface area contributed by atoms with Crippen molar-refractivity contribution in [2.24, 2.45) is 45.3 Å². The summed E-state index contributed by atoms with van der Waals surface area (Å²) in [5, 5.41) is 9.16. The van der Waals surface area contributed by atoms with Gasteiger partial charge in [0, 0.05) is 17.4 Å². The summed E-state index contributed by atoms with van der Waals surface area (Å²) >= 11 is 0. The van der Waals surface area contributed by atoms with E-state index in [2.05, 4.69) is 47.6 Å². The predicted octanol–water partition coefficient (Wildman–Crippen LogP) is 7.61. The number of carbonyl (C=O) groups excluding carboxylic acids is 1. The smallest absolute Gasteiger partial charge is 0.330 e. The highest BCUT2D eigenvalue weighted by Crippen LogP contribution is 2.73. The van der Waals surface area contributed by atoms with Crippen LogP contribution in [0.2, 0.25) is 0 Å². The highest BCUT2D eigenvalue weighted by molar-refractivity contribution is 5.86. The molecule has 0 aromatic carbocycles. The third-order valence-corrected chi connectivity index (χ3v) is 11.7. The van der Waals surface area contributed by atoms with Crippen molar-refractivity contribution >= 4 is 11.8 Å². The average molecular weight is 455 g/mol. The van der Waals surface area contributed by atoms with Crippen LogP contribution in [-0.2, 0) is 9.59 Å². The largest absolute Gasteiger partial charge is 0.478 e. The molecule has 3 saturated carbocycles. The van der Waals surface area contributed by atoms with Crippen molar-refractivity contribution < 1.29 is 14.7 Å². The van der Waals surface area contributed by atoms with Gasteiger partial charge in [-0.1, -0.05) is 59.3 Å². The molecule has 7 atom stereocenters. The summed E-state index contributed by atoms with van der Waals surface area (Å²) in [4.78, 5) is 23.9. The Balaban J connectivity index is 1.59. The lowest BCUT2D eigenvalue weighted by Gasteiger charge is -2.63. The number of hydrogen-bond acceptors (Lipinski definition) is 2. The highest BCUT2D eigenvalue weighted by Gasteiger charge is 2.65. The molecule has 0 aromatic heterocycles. The standard InChI is InChI=1S/C30H46O3/c1-19(9-8-10-20(2)26(32)33)21-13-17-30(7)23-11-12-24-27(3,4)25(31)15-16-28(24,5)22(23)14-18-29(21,30)6/h10-11,19,21-22,24H,8-9,12-18H2,1-7H3,(H,32,33)/b20-10+/t19-,21-,22+,24+,28-,29-,30+/m1/s1. The van der Waals surface area contributed by atoms with E-state index < -0.39 is 5.97 Å². The van der Waals surface area contributed by atoms with Gasteiger partial charge in [-0.25, -0.2) is 4.79 Å². The summed E-state index contributed by atoms with van der Waals surface area (Å²) in [6.45, 7) is 16.2. The number of carboxylic acid groups (broad SMARTS) is 1. The molecule has 0 spiro atoms. The topological polar surface area (TPSA) is 54.4 Å². The molecule has 0 saturated heterocycles. The van der Waals surface area contributed by atoms with Crippen LogP contribution in [0.5, 0.6) is 0 Å². The molecule has 3 fully saturated rings. The molecular weight excluding hydrogens is 408 g/mol. The molecule has 0 aromatic rings. The molecule has 0 heterocycles. The van der Waals surface area contributed by atoms with E-state index in [1.165, 1.54) is 25.7 Å². The SMILES string of the molecule is C/C(=C\CC[C@@H](C)[C@H]1CC[C@@]2(C)C3=CC[C@H]4C(C)(C)C(=O)CC[C@]4(C)[C@H]3CC[C@]12C)C(=O)O. The zero-order valence-electron chi connectivity index (χ0n) is 22.1. The van der Waals surface area contributed by atoms with Crippen LogP contribution in [0.1, 0.15) is 106 Å². The van der Waals surface area contributed by atoms with Gasteiger partial charge in [0.15, 0.2) is 0 Å². The van der Waals surface area contributed by atoms with E-state index in [0.29, 0.717) is 40.4 Å². The molecule has 3 heteroatoms. The van der Waals surface area contributed by atoms with Gasteiger partial charge in [-0.15, -0.1) is 0 Å². The number of Topliss-reactive ketones (excluding diaryl/α,β-unsaturated/α-hetero) is 1. The Morgan fingerprint density at radius 1 is 1.15 bits per heavy atom. The molecule has 1 N–H and O–H groups in total. The molecule has 0 unspecified atom stereocenters. The molecule has 0 amide bonds. The van der Waals surface area contributed by atoms with Crippen molar-refractivity contribution in [3.8, 4) is 0 Å². The van der Waals surface area contributed by atoms with Crippen molar-refractivity contribution in [2.45, 2.75) is 106 Å². The normalized spacial score (nSPS) is 43.2. The van der Waals surface area contributed by atoms with E-state index >= 15 is 0 Å². The summed E-state index contributed by atoms with van der Waals surface area (Å²) in [6, 6.07) is 0. The summed E-state index contributed by atoms with van der Waals surface area (Å²) in [7, 11) is 0. The first kappa shape index (κ1) is 24.7. The summed E-state index contributed by atoms with van der Waals surface area (Å²) in [5.74, 6) is 2.05. The number of carbonyl (C=O) groups is 2. The van der Waals surface area contributed by atoms with Crippen LogP contribution in [0, 0.1) is 45.3 Å². The van der Waals surface area contributed by atoms with Crippen LogP contribution < -0.4 is 0 Å². The zero-order valence-corrected chi connectivity index (χ0v) is 22.1. The van der Waals surface area contributed by atoms with Crippen LogP contribution in [-0.4, -0.2) is 16.9 Å². The fraction of sp³-hybridized carbons (Fsp3) is 0.800. The minimum atomic E-state index is -0.801. The lowest BCUT2D eigenvalue weighted by Crippen LogP contribution is -2.57. The number of aliphatic carboxylic acids is 1. The second-order valence-corrected chi connectivity index (χ2v) is 13.3. The van der Waals surface area contributed by atoms with Crippen LogP contribution >= 0.6 is 0 Å². The van der Waals surface area contributed by atoms with Gasteiger partial charge in [-0.05, 0) is 98.2 Å². The molecule has 3 nitrogen and oxygen atoms in total. The van der Waals surface area contributed by atoms with Crippen LogP contribution in [0.25, 0.3) is 0 Å². The van der Waals surface area contributed by atoms with E-state index in [9.17, 15) is 9.59 Å². The van der Waals surface area contributed by atoms with E-state index in [0.717, 1.165) is 32.1 Å². The number of fused-ring (bicyclic) bond motifs is 5. The van der Waals surface area contributed by atoms with E-state index in [-0.39, 0.29) is 16.2 Å². The second-order valence-electron chi connectivity index (χ2n) is 13.3. The summed E-state index contributed by atoms with van der Waals surface area (Å²) in [6.07, 6.45) is 14.4. The maximum Gasteiger partial charge on any atom is 0.330 e. The Morgan fingerprint density at radius 2 is 1.85 bits per heavy atom. The number of ketones is 1. The first-order chi connectivity index (χ1) is 15.3. The maximum atomic E-state index is 12.8. The molecular formula is C30H46O3. The van der Waals surface area contributed by atoms with Crippen molar-refractivity contribution in [1.82, 2.24) is 0 Å². The Bertz CT molecular complexity index is 894.